The number of hydrogen-bond acceptors (Lipinski definition) is 15. The molecule has 0 heterocycles. The lowest BCUT2D eigenvalue weighted by molar-refractivity contribution is -0.161. The van der Waals surface area contributed by atoms with Crippen molar-refractivity contribution >= 4 is 39.5 Å². The van der Waals surface area contributed by atoms with Gasteiger partial charge in [-0.15, -0.1) is 0 Å². The molecule has 0 aromatic rings. The number of aliphatic hydroxyl groups excluding tert-OH is 1. The van der Waals surface area contributed by atoms with E-state index in [-0.39, 0.29) is 25.7 Å². The SMILES string of the molecule is CCCCCCCCCCCC(=O)OC[C@H](COP(=O)(O)OC[C@H](O)COP(=O)(O)OC[C@@H](COC(=O)CCCCCCCCCCCCCCC(C)C)OC(=O)CCCCCCCCCCCCCCCCCCCCC(C)CC)OC(=O)CCCCCCCCCCCC(C)C. The fraction of sp³-hybridized carbons (Fsp3) is 0.949. The van der Waals surface area contributed by atoms with Gasteiger partial charge in [0.25, 0.3) is 0 Å². The molecule has 3 unspecified atom stereocenters. The Kier molecular flexibility index (Phi) is 68.1. The highest BCUT2D eigenvalue weighted by molar-refractivity contribution is 7.47. The average molecular weight is 1440 g/mol. The van der Waals surface area contributed by atoms with Crippen LogP contribution in [0.25, 0.3) is 0 Å². The van der Waals surface area contributed by atoms with Crippen LogP contribution in [0.2, 0.25) is 0 Å². The zero-order chi connectivity index (χ0) is 72.3. The smallest absolute Gasteiger partial charge is 0.462 e. The fourth-order valence-electron chi connectivity index (χ4n) is 12.1. The summed E-state index contributed by atoms with van der Waals surface area (Å²) >= 11 is 0. The van der Waals surface area contributed by atoms with Crippen molar-refractivity contribution in [2.45, 2.75) is 426 Å². The van der Waals surface area contributed by atoms with Gasteiger partial charge >= 0.3 is 39.5 Å². The van der Waals surface area contributed by atoms with E-state index in [0.717, 1.165) is 108 Å². The molecule has 3 N–H and O–H groups in total. The predicted molar refractivity (Wildman–Crippen MR) is 400 cm³/mol. The molecule has 0 spiro atoms. The Morgan fingerprint density at radius 3 is 0.776 bits per heavy atom. The molecule has 19 heteroatoms. The van der Waals surface area contributed by atoms with Crippen LogP contribution in [-0.2, 0) is 65.4 Å². The lowest BCUT2D eigenvalue weighted by Gasteiger charge is -2.21. The van der Waals surface area contributed by atoms with E-state index in [1.165, 1.54) is 218 Å². The van der Waals surface area contributed by atoms with Crippen LogP contribution in [0, 0.1) is 17.8 Å². The predicted octanol–water partition coefficient (Wildman–Crippen LogP) is 23.4. The van der Waals surface area contributed by atoms with Crippen molar-refractivity contribution in [1.82, 2.24) is 0 Å². The van der Waals surface area contributed by atoms with Crippen molar-refractivity contribution in [3.05, 3.63) is 0 Å². The van der Waals surface area contributed by atoms with E-state index in [1.54, 1.807) is 0 Å². The van der Waals surface area contributed by atoms with Gasteiger partial charge in [-0.05, 0) is 43.4 Å². The second kappa shape index (κ2) is 69.4. The maximum atomic E-state index is 13.1. The summed E-state index contributed by atoms with van der Waals surface area (Å²) in [5.74, 6) is 0.273. The van der Waals surface area contributed by atoms with E-state index in [2.05, 4.69) is 48.5 Å². The number of esters is 4. The highest BCUT2D eigenvalue weighted by Crippen LogP contribution is 2.45. The molecule has 0 aliphatic rings. The molecule has 17 nitrogen and oxygen atoms in total. The van der Waals surface area contributed by atoms with E-state index >= 15 is 0 Å². The Bertz CT molecular complexity index is 1910. The second-order valence-corrected chi connectivity index (χ2v) is 32.6. The lowest BCUT2D eigenvalue weighted by atomic mass is 9.99. The number of aliphatic hydroxyl groups is 1. The summed E-state index contributed by atoms with van der Waals surface area (Å²) in [5, 5.41) is 10.6. The van der Waals surface area contributed by atoms with Gasteiger partial charge in [0.1, 0.15) is 19.3 Å². The molecule has 0 amide bonds. The van der Waals surface area contributed by atoms with E-state index < -0.39 is 97.5 Å². The van der Waals surface area contributed by atoms with Crippen LogP contribution in [0.3, 0.4) is 0 Å². The van der Waals surface area contributed by atoms with Gasteiger partial charge in [-0.3, -0.25) is 37.3 Å². The van der Waals surface area contributed by atoms with Gasteiger partial charge in [0.05, 0.1) is 26.4 Å². The summed E-state index contributed by atoms with van der Waals surface area (Å²) in [6.45, 7) is 12.0. The molecule has 98 heavy (non-hydrogen) atoms. The quantitative estimate of drug-likeness (QED) is 0.0222. The van der Waals surface area contributed by atoms with Gasteiger partial charge in [0, 0.05) is 25.7 Å². The average Bonchev–Trinajstić information content (AvgIpc) is 0.987. The maximum Gasteiger partial charge on any atom is 0.472 e. The van der Waals surface area contributed by atoms with E-state index in [9.17, 15) is 43.2 Å². The number of unbranched alkanes of at least 4 members (excludes halogenated alkanes) is 44. The standard InChI is InChI=1S/C79H154O17P2/c1-8-10-11-12-13-29-39-46-53-60-76(81)89-66-74(96-79(84)63-56-49-42-35-28-31-37-44-51-58-71(5)6)68-93-97(85,86)91-64-73(80)65-92-98(87,88)94-69-75(67-90-77(82)61-54-47-40-33-26-23-22-24-30-36-43-50-57-70(3)4)95-78(83)62-55-48-41-34-27-21-19-17-15-14-16-18-20-25-32-38-45-52-59-72(7)9-2/h70-75,80H,8-69H2,1-7H3,(H,85,86)(H,87,88)/t72?,73-,74+,75+/m0/s1. The molecule has 0 aliphatic carbocycles. The number of hydrogen-bond donors (Lipinski definition) is 3. The van der Waals surface area contributed by atoms with Gasteiger partial charge in [-0.25, -0.2) is 9.13 Å². The largest absolute Gasteiger partial charge is 0.472 e. The van der Waals surface area contributed by atoms with Crippen molar-refractivity contribution < 1.29 is 80.2 Å². The summed E-state index contributed by atoms with van der Waals surface area (Å²) < 4.78 is 68.6. The monoisotopic (exact) mass is 1440 g/mol. The normalized spacial score (nSPS) is 14.3. The zero-order valence-corrected chi connectivity index (χ0v) is 66.0. The summed E-state index contributed by atoms with van der Waals surface area (Å²) in [7, 11) is -9.91. The molecule has 0 aromatic heterocycles. The van der Waals surface area contributed by atoms with Gasteiger partial charge in [0.15, 0.2) is 12.2 Å². The minimum absolute atomic E-state index is 0.105. The van der Waals surface area contributed by atoms with Crippen LogP contribution in [0.15, 0.2) is 0 Å². The fourth-order valence-corrected chi connectivity index (χ4v) is 13.7. The first-order valence-electron chi connectivity index (χ1n) is 40.9. The van der Waals surface area contributed by atoms with Crippen molar-refractivity contribution in [3.63, 3.8) is 0 Å². The molecule has 6 atom stereocenters. The molecule has 0 radical (unpaired) electrons. The second-order valence-electron chi connectivity index (χ2n) is 29.6. The Hall–Kier alpha value is -1.94. The Balaban J connectivity index is 5.19. The van der Waals surface area contributed by atoms with E-state index in [4.69, 9.17) is 37.0 Å². The van der Waals surface area contributed by atoms with Crippen molar-refractivity contribution in [3.8, 4) is 0 Å². The van der Waals surface area contributed by atoms with Gasteiger partial charge in [-0.2, -0.15) is 0 Å². The van der Waals surface area contributed by atoms with Crippen LogP contribution >= 0.6 is 15.6 Å². The van der Waals surface area contributed by atoms with E-state index in [0.29, 0.717) is 25.7 Å². The molecule has 0 aromatic carbocycles. The third-order valence-electron chi connectivity index (χ3n) is 18.7. The number of carbonyl (C=O) groups excluding carboxylic acids is 4. The summed E-state index contributed by atoms with van der Waals surface area (Å²) in [6, 6.07) is 0. The van der Waals surface area contributed by atoms with Crippen LogP contribution < -0.4 is 0 Å². The van der Waals surface area contributed by atoms with Crippen molar-refractivity contribution in [2.75, 3.05) is 39.6 Å². The first-order valence-corrected chi connectivity index (χ1v) is 43.9. The van der Waals surface area contributed by atoms with Crippen LogP contribution in [0.5, 0.6) is 0 Å². The topological polar surface area (TPSA) is 237 Å². The molecule has 0 saturated heterocycles. The minimum atomic E-state index is -4.96. The highest BCUT2D eigenvalue weighted by atomic mass is 31.2. The van der Waals surface area contributed by atoms with Crippen molar-refractivity contribution in [2.24, 2.45) is 17.8 Å². The molecule has 0 rings (SSSR count). The number of rotatable bonds is 77. The molecular weight excluding hydrogens is 1280 g/mol. The maximum absolute atomic E-state index is 13.1. The lowest BCUT2D eigenvalue weighted by Crippen LogP contribution is -2.30. The summed E-state index contributed by atoms with van der Waals surface area (Å²) in [6.07, 6.45) is 56.9. The van der Waals surface area contributed by atoms with Gasteiger partial charge < -0.3 is 33.8 Å². The first kappa shape index (κ1) is 96.1. The molecule has 0 saturated carbocycles. The highest BCUT2D eigenvalue weighted by Gasteiger charge is 2.30. The molecule has 0 bridgehead atoms. The van der Waals surface area contributed by atoms with Crippen LogP contribution in [0.1, 0.15) is 408 Å². The Morgan fingerprint density at radius 2 is 0.520 bits per heavy atom. The number of ether oxygens (including phenoxy) is 4. The summed E-state index contributed by atoms with van der Waals surface area (Å²) in [5.41, 5.74) is 0. The molecule has 582 valence electrons. The number of carbonyl (C=O) groups is 4. The van der Waals surface area contributed by atoms with Crippen molar-refractivity contribution in [1.29, 1.82) is 0 Å². The number of phosphoric ester groups is 2. The van der Waals surface area contributed by atoms with E-state index in [1.807, 2.05) is 0 Å². The molecule has 0 aliphatic heterocycles. The molecular formula is C79H154O17P2. The molecule has 0 fully saturated rings. The van der Waals surface area contributed by atoms with Gasteiger partial charge in [-0.1, -0.05) is 357 Å². The summed E-state index contributed by atoms with van der Waals surface area (Å²) in [4.78, 5) is 72.8. The van der Waals surface area contributed by atoms with Crippen LogP contribution in [-0.4, -0.2) is 96.7 Å². The zero-order valence-electron chi connectivity index (χ0n) is 64.3. The third kappa shape index (κ3) is 71.1. The number of phosphoric acid groups is 2. The third-order valence-corrected chi connectivity index (χ3v) is 20.6. The van der Waals surface area contributed by atoms with Crippen LogP contribution in [0.4, 0.5) is 0 Å². The minimum Gasteiger partial charge on any atom is -0.462 e. The first-order chi connectivity index (χ1) is 47.3. The van der Waals surface area contributed by atoms with Gasteiger partial charge in [0.2, 0.25) is 0 Å². The Labute approximate surface area is 600 Å². The Morgan fingerprint density at radius 1 is 0.296 bits per heavy atom.